The molecule has 2 heterocycles. The first-order chi connectivity index (χ1) is 9.00. The molecule has 1 atom stereocenters. The summed E-state index contributed by atoms with van der Waals surface area (Å²) in [7, 11) is 0. The smallest absolute Gasteiger partial charge is 0.115 e. The van der Waals surface area contributed by atoms with E-state index >= 15 is 0 Å². The third kappa shape index (κ3) is 2.58. The van der Waals surface area contributed by atoms with Gasteiger partial charge in [0, 0.05) is 30.1 Å². The second-order valence-corrected chi connectivity index (χ2v) is 7.68. The topological polar surface area (TPSA) is 28.2 Å². The molecule has 1 aromatic heterocycles. The molecule has 1 saturated heterocycles. The van der Waals surface area contributed by atoms with Crippen molar-refractivity contribution in [1.29, 1.82) is 0 Å². The Morgan fingerprint density at radius 1 is 1.37 bits per heavy atom. The monoisotopic (exact) mass is 279 g/mol. The third-order valence-electron chi connectivity index (χ3n) is 4.52. The van der Waals surface area contributed by atoms with Crippen molar-refractivity contribution in [2.75, 3.05) is 13.1 Å². The fraction of sp³-hybridized carbons (Fsp3) is 0.800. The maximum atomic E-state index is 4.87. The van der Waals surface area contributed by atoms with Gasteiger partial charge in [-0.3, -0.25) is 4.90 Å². The van der Waals surface area contributed by atoms with E-state index in [9.17, 15) is 0 Å². The minimum absolute atomic E-state index is 0.120. The Bertz CT molecular complexity index is 444. The van der Waals surface area contributed by atoms with E-state index in [4.69, 9.17) is 4.98 Å². The van der Waals surface area contributed by atoms with Crippen LogP contribution in [0.5, 0.6) is 0 Å². The highest BCUT2D eigenvalue weighted by Gasteiger charge is 2.45. The zero-order valence-electron chi connectivity index (χ0n) is 12.5. The summed E-state index contributed by atoms with van der Waals surface area (Å²) in [6, 6.07) is 1.36. The van der Waals surface area contributed by atoms with Gasteiger partial charge in [0.25, 0.3) is 0 Å². The zero-order valence-corrected chi connectivity index (χ0v) is 13.3. The lowest BCUT2D eigenvalue weighted by Crippen LogP contribution is -2.46. The van der Waals surface area contributed by atoms with E-state index in [2.05, 4.69) is 37.9 Å². The molecule has 0 amide bonds. The van der Waals surface area contributed by atoms with Crippen molar-refractivity contribution in [3.63, 3.8) is 0 Å². The summed E-state index contributed by atoms with van der Waals surface area (Å²) in [6.45, 7) is 11.2. The molecule has 2 aliphatic rings. The van der Waals surface area contributed by atoms with Crippen molar-refractivity contribution >= 4 is 11.3 Å². The van der Waals surface area contributed by atoms with Gasteiger partial charge in [0.05, 0.1) is 11.2 Å². The van der Waals surface area contributed by atoms with Gasteiger partial charge in [-0.2, -0.15) is 0 Å². The molecule has 2 fully saturated rings. The van der Waals surface area contributed by atoms with Crippen molar-refractivity contribution in [2.45, 2.75) is 64.6 Å². The summed E-state index contributed by atoms with van der Waals surface area (Å²) in [4.78, 5) is 8.82. The third-order valence-corrected chi connectivity index (χ3v) is 5.80. The molecule has 0 radical (unpaired) electrons. The Kier molecular flexibility index (Phi) is 3.44. The summed E-state index contributed by atoms with van der Waals surface area (Å²) in [6.07, 6.45) is 3.88. The van der Waals surface area contributed by atoms with Gasteiger partial charge in [-0.25, -0.2) is 4.98 Å². The molecule has 0 aromatic carbocycles. The zero-order chi connectivity index (χ0) is 13.6. The van der Waals surface area contributed by atoms with Crippen LogP contribution in [0.2, 0.25) is 0 Å². The van der Waals surface area contributed by atoms with E-state index in [1.807, 2.05) is 11.3 Å². The number of likely N-dealkylation sites (tertiary alicyclic amines) is 1. The van der Waals surface area contributed by atoms with E-state index in [1.54, 1.807) is 0 Å². The summed E-state index contributed by atoms with van der Waals surface area (Å²) in [5, 5.41) is 5.23. The van der Waals surface area contributed by atoms with Crippen molar-refractivity contribution in [2.24, 2.45) is 0 Å². The maximum absolute atomic E-state index is 4.87. The molecule has 0 spiro atoms. The Morgan fingerprint density at radius 3 is 2.58 bits per heavy atom. The quantitative estimate of drug-likeness (QED) is 0.918. The Hall–Kier alpha value is -0.450. The van der Waals surface area contributed by atoms with Crippen molar-refractivity contribution in [3.8, 4) is 0 Å². The molecule has 1 unspecified atom stereocenters. The second kappa shape index (κ2) is 4.83. The molecule has 1 aromatic rings. The minimum Gasteiger partial charge on any atom is -0.301 e. The second-order valence-electron chi connectivity index (χ2n) is 6.48. The van der Waals surface area contributed by atoms with Crippen molar-refractivity contribution in [1.82, 2.24) is 15.2 Å². The van der Waals surface area contributed by atoms with Crippen LogP contribution in [0.3, 0.4) is 0 Å². The Labute approximate surface area is 120 Å². The summed E-state index contributed by atoms with van der Waals surface area (Å²) >= 11 is 1.89. The molecule has 3 nitrogen and oxygen atoms in total. The van der Waals surface area contributed by atoms with E-state index < -0.39 is 0 Å². The highest BCUT2D eigenvalue weighted by atomic mass is 32.1. The molecule has 1 aliphatic heterocycles. The Morgan fingerprint density at radius 2 is 2.11 bits per heavy atom. The van der Waals surface area contributed by atoms with Crippen molar-refractivity contribution < 1.29 is 0 Å². The number of rotatable bonds is 4. The van der Waals surface area contributed by atoms with E-state index in [-0.39, 0.29) is 5.54 Å². The summed E-state index contributed by atoms with van der Waals surface area (Å²) < 4.78 is 0. The number of aryl methyl sites for hydroxylation is 2. The number of nitrogens with one attached hydrogen (secondary N) is 1. The van der Waals surface area contributed by atoms with Gasteiger partial charge in [-0.05, 0) is 47.0 Å². The van der Waals surface area contributed by atoms with Crippen LogP contribution >= 0.6 is 11.3 Å². The molecule has 3 rings (SSSR count). The lowest BCUT2D eigenvalue weighted by Gasteiger charge is -2.30. The number of aromatic nitrogens is 1. The average Bonchev–Trinajstić information content (AvgIpc) is 2.93. The minimum atomic E-state index is 0.120. The summed E-state index contributed by atoms with van der Waals surface area (Å²) in [5.74, 6) is 0. The van der Waals surface area contributed by atoms with Crippen LogP contribution in [0.4, 0.5) is 0 Å². The van der Waals surface area contributed by atoms with Gasteiger partial charge >= 0.3 is 0 Å². The van der Waals surface area contributed by atoms with Gasteiger partial charge in [0.2, 0.25) is 0 Å². The first-order valence-corrected chi connectivity index (χ1v) is 8.28. The van der Waals surface area contributed by atoms with Crippen LogP contribution in [0.1, 0.15) is 48.7 Å². The molecule has 1 saturated carbocycles. The molecule has 106 valence electrons. The highest BCUT2D eigenvalue weighted by Crippen LogP contribution is 2.39. The number of thiazole rings is 1. The molecule has 19 heavy (non-hydrogen) atoms. The van der Waals surface area contributed by atoms with Gasteiger partial charge in [0.1, 0.15) is 5.01 Å². The van der Waals surface area contributed by atoms with Crippen LogP contribution in [0.15, 0.2) is 0 Å². The van der Waals surface area contributed by atoms with Crippen LogP contribution in [0.25, 0.3) is 0 Å². The molecule has 4 heteroatoms. The van der Waals surface area contributed by atoms with Crippen molar-refractivity contribution in [3.05, 3.63) is 15.6 Å². The van der Waals surface area contributed by atoms with Crippen LogP contribution < -0.4 is 5.32 Å². The fourth-order valence-electron chi connectivity index (χ4n) is 2.93. The molecular formula is C15H25N3S. The van der Waals surface area contributed by atoms with E-state index in [0.29, 0.717) is 6.04 Å². The first-order valence-electron chi connectivity index (χ1n) is 7.46. The van der Waals surface area contributed by atoms with Gasteiger partial charge in [-0.15, -0.1) is 11.3 Å². The Balaban J connectivity index is 1.88. The lowest BCUT2D eigenvalue weighted by molar-refractivity contribution is 0.238. The largest absolute Gasteiger partial charge is 0.301 e. The van der Waals surface area contributed by atoms with E-state index in [0.717, 1.165) is 12.6 Å². The van der Waals surface area contributed by atoms with Gasteiger partial charge < -0.3 is 5.32 Å². The summed E-state index contributed by atoms with van der Waals surface area (Å²) in [5.41, 5.74) is 1.33. The van der Waals surface area contributed by atoms with E-state index in [1.165, 1.54) is 41.4 Å². The van der Waals surface area contributed by atoms with Crippen LogP contribution in [0, 0.1) is 13.8 Å². The predicted molar refractivity (Wildman–Crippen MR) is 80.7 cm³/mol. The average molecular weight is 279 g/mol. The molecular weight excluding hydrogens is 254 g/mol. The first kappa shape index (κ1) is 13.5. The van der Waals surface area contributed by atoms with Crippen LogP contribution in [-0.4, -0.2) is 35.1 Å². The number of hydrogen-bond acceptors (Lipinski definition) is 4. The lowest BCUT2D eigenvalue weighted by atomic mass is 9.99. The molecule has 1 N–H and O–H groups in total. The number of nitrogens with zero attached hydrogens (tertiary/aromatic N) is 2. The molecule has 0 bridgehead atoms. The maximum Gasteiger partial charge on any atom is 0.115 e. The van der Waals surface area contributed by atoms with Crippen LogP contribution in [-0.2, 0) is 5.54 Å². The molecule has 1 aliphatic carbocycles. The van der Waals surface area contributed by atoms with Gasteiger partial charge in [0.15, 0.2) is 0 Å². The fourth-order valence-corrected chi connectivity index (χ4v) is 4.02. The standard InChI is InChI=1S/C15H25N3S/c1-10(2)18-8-7-15(9-18,17-13-5-6-13)14-16-11(3)12(4)19-14/h10,13,17H,5-9H2,1-4H3. The highest BCUT2D eigenvalue weighted by molar-refractivity contribution is 7.11. The van der Waals surface area contributed by atoms with Gasteiger partial charge in [-0.1, -0.05) is 0 Å². The predicted octanol–water partition coefficient (Wildman–Crippen LogP) is 2.82. The SMILES string of the molecule is Cc1nc(C2(NC3CC3)CCN(C(C)C)C2)sc1C. The normalized spacial score (nSPS) is 28.5. The number of hydrogen-bond donors (Lipinski definition) is 1.